The van der Waals surface area contributed by atoms with Crippen LogP contribution in [0, 0.1) is 0 Å². The van der Waals surface area contributed by atoms with Crippen molar-refractivity contribution in [2.75, 3.05) is 6.61 Å². The number of rotatable bonds is 24. The summed E-state index contributed by atoms with van der Waals surface area (Å²) in [5.41, 5.74) is -28.9. The molecule has 7 rings (SSSR count). The van der Waals surface area contributed by atoms with Gasteiger partial charge in [-0.15, -0.1) is 0 Å². The molecule has 0 radical (unpaired) electrons. The molecule has 1 heterocycles. The predicted molar refractivity (Wildman–Crippen MR) is 305 cm³/mol. The molecule has 27 heteroatoms. The maximum Gasteiger partial charge on any atom is 0.416 e. The van der Waals surface area contributed by atoms with E-state index >= 15 is 0 Å². The first kappa shape index (κ1) is 74.9. The largest absolute Gasteiger partial charge is 0.494 e. The average Bonchev–Trinajstić information content (AvgIpc) is 0.712. The summed E-state index contributed by atoms with van der Waals surface area (Å²) < 4.78 is 349. The number of halogens is 24. The zero-order valence-electron chi connectivity index (χ0n) is 49.5. The van der Waals surface area contributed by atoms with E-state index in [0.29, 0.717) is 0 Å². The lowest BCUT2D eigenvalue weighted by Crippen LogP contribution is -2.75. The normalized spacial score (nSPS) is 13.1. The summed E-state index contributed by atoms with van der Waals surface area (Å²) >= 11 is 0. The molecule has 1 aromatic heterocycles. The number of hydrogen-bond acceptors (Lipinski definition) is 1. The second-order valence-electron chi connectivity index (χ2n) is 22.8. The number of unbranched alkanes of at least 4 members (excludes halogenated alkanes) is 15. The Labute approximate surface area is 519 Å². The van der Waals surface area contributed by atoms with Crippen LogP contribution in [-0.4, -0.2) is 12.8 Å². The van der Waals surface area contributed by atoms with Gasteiger partial charge in [0.05, 0.1) is 51.1 Å². The zero-order valence-corrected chi connectivity index (χ0v) is 49.5. The Morgan fingerprint density at radius 2 is 0.581 bits per heavy atom. The Morgan fingerprint density at radius 1 is 0.312 bits per heavy atom. The van der Waals surface area contributed by atoms with E-state index in [1.165, 1.54) is 113 Å². The number of benzene rings is 6. The number of aromatic nitrogens is 1. The van der Waals surface area contributed by atoms with Crippen molar-refractivity contribution in [1.82, 2.24) is 0 Å². The number of fused-ring (bicyclic) bond motifs is 1. The van der Waals surface area contributed by atoms with Crippen LogP contribution in [0.3, 0.4) is 0 Å². The van der Waals surface area contributed by atoms with Crippen molar-refractivity contribution >= 4 is 38.8 Å². The van der Waals surface area contributed by atoms with Crippen molar-refractivity contribution in [3.8, 4) is 5.75 Å². The van der Waals surface area contributed by atoms with E-state index in [-0.39, 0.29) is 0 Å². The lowest BCUT2D eigenvalue weighted by atomic mass is 9.12. The van der Waals surface area contributed by atoms with Crippen molar-refractivity contribution in [1.29, 1.82) is 0 Å². The zero-order chi connectivity index (χ0) is 69.0. The molecule has 0 saturated carbocycles. The molecule has 93 heavy (non-hydrogen) atoms. The van der Waals surface area contributed by atoms with Crippen LogP contribution in [0.4, 0.5) is 105 Å². The second-order valence-corrected chi connectivity index (χ2v) is 22.8. The molecule has 0 aliphatic heterocycles. The van der Waals surface area contributed by atoms with Gasteiger partial charge in [-0.25, -0.2) is 4.57 Å². The van der Waals surface area contributed by atoms with Gasteiger partial charge in [-0.3, -0.25) is 0 Å². The van der Waals surface area contributed by atoms with E-state index in [1.54, 1.807) is 0 Å². The van der Waals surface area contributed by atoms with Crippen LogP contribution in [0.2, 0.25) is 0 Å². The van der Waals surface area contributed by atoms with Crippen molar-refractivity contribution in [2.45, 2.75) is 166 Å². The number of ether oxygens (including phenoxy) is 1. The van der Waals surface area contributed by atoms with Crippen LogP contribution >= 0.6 is 0 Å². The molecule has 0 aliphatic carbocycles. The number of hydrogen-bond donors (Lipinski definition) is 0. The molecule has 0 fully saturated rings. The fourth-order valence-corrected chi connectivity index (χ4v) is 11.1. The highest BCUT2D eigenvalue weighted by Crippen LogP contribution is 2.42. The van der Waals surface area contributed by atoms with Gasteiger partial charge in [0.15, 0.2) is 18.9 Å². The molecular weight excluding hydrogens is 1290 g/mol. The molecule has 0 aliphatic rings. The highest BCUT2D eigenvalue weighted by Gasteiger charge is 2.47. The fraction of sp³-hybridized carbons (Fsp3) is 0.409. The summed E-state index contributed by atoms with van der Waals surface area (Å²) in [4.78, 5) is 0. The molecule has 0 spiro atoms. The molecule has 0 amide bonds. The van der Waals surface area contributed by atoms with E-state index in [9.17, 15) is 105 Å². The molecule has 6 aromatic carbocycles. The van der Waals surface area contributed by atoms with Crippen LogP contribution in [-0.2, 0) is 56.0 Å². The van der Waals surface area contributed by atoms with Gasteiger partial charge < -0.3 is 4.74 Å². The number of alkyl halides is 24. The van der Waals surface area contributed by atoms with Crippen molar-refractivity contribution in [2.24, 2.45) is 0 Å². The third kappa shape index (κ3) is 21.2. The summed E-state index contributed by atoms with van der Waals surface area (Å²) in [6.07, 6.45) is -28.0. The molecule has 0 saturated heterocycles. The monoisotopic (exact) mass is 1350 g/mol. The third-order valence-electron chi connectivity index (χ3n) is 15.7. The summed E-state index contributed by atoms with van der Waals surface area (Å²) in [7, 11) is 0. The van der Waals surface area contributed by atoms with Crippen LogP contribution in [0.1, 0.15) is 160 Å². The number of pyridine rings is 1. The molecular formula is C66H62BF24NO. The summed E-state index contributed by atoms with van der Waals surface area (Å²) in [5, 5.41) is 2.56. The van der Waals surface area contributed by atoms with E-state index in [1.807, 2.05) is 0 Å². The van der Waals surface area contributed by atoms with Gasteiger partial charge in [0.1, 0.15) is 11.9 Å². The van der Waals surface area contributed by atoms with Gasteiger partial charge in [0, 0.05) is 17.0 Å². The van der Waals surface area contributed by atoms with E-state index < -0.39 is 195 Å². The lowest BCUT2D eigenvalue weighted by molar-refractivity contribution is -0.687. The second kappa shape index (κ2) is 30.5. The van der Waals surface area contributed by atoms with Crippen LogP contribution in [0.25, 0.3) is 10.8 Å². The molecule has 0 unspecified atom stereocenters. The van der Waals surface area contributed by atoms with Crippen LogP contribution in [0.5, 0.6) is 5.75 Å². The van der Waals surface area contributed by atoms with Gasteiger partial charge in [-0.1, -0.05) is 170 Å². The Hall–Kier alpha value is -7.09. The smallest absolute Gasteiger partial charge is 0.416 e. The lowest BCUT2D eigenvalue weighted by Gasteiger charge is -2.46. The van der Waals surface area contributed by atoms with Gasteiger partial charge in [-0.05, 0) is 66.4 Å². The highest BCUT2D eigenvalue weighted by molar-refractivity contribution is 7.20. The molecule has 508 valence electrons. The first-order valence-corrected chi connectivity index (χ1v) is 29.6. The SMILES string of the molecule is CCCCCCCCCCCCCCCCCCOc1ccc(C[n+]2ccc3ccccc3c2)cc1.FC(F)(F)c1cc([B-](c2cc(C(F)(F)F)cc(C(F)(F)F)c2)(c2cc(C(F)(F)F)cc(C(F)(F)F)c2)c2cc(C(F)(F)F)cc(C(F)(F)F)c2)cc(C(F)(F)F)c1. The minimum atomic E-state index is -6.13. The van der Waals surface area contributed by atoms with Gasteiger partial charge in [-0.2, -0.15) is 127 Å². The van der Waals surface area contributed by atoms with Crippen molar-refractivity contribution in [3.63, 3.8) is 0 Å². The molecule has 7 aromatic rings. The van der Waals surface area contributed by atoms with E-state index in [2.05, 4.69) is 78.5 Å². The third-order valence-corrected chi connectivity index (χ3v) is 15.7. The summed E-state index contributed by atoms with van der Waals surface area (Å²) in [5.74, 6) is 0.989. The Kier molecular flexibility index (Phi) is 24.6. The maximum absolute atomic E-state index is 14.2. The first-order valence-electron chi connectivity index (χ1n) is 29.6. The van der Waals surface area contributed by atoms with Gasteiger partial charge in [0.25, 0.3) is 0 Å². The Bertz CT molecular complexity index is 3100. The molecule has 0 atom stereocenters. The van der Waals surface area contributed by atoms with Crippen molar-refractivity contribution < 1.29 is 115 Å². The molecule has 0 bridgehead atoms. The summed E-state index contributed by atoms with van der Waals surface area (Å²) in [6, 6.07) is 10.5. The van der Waals surface area contributed by atoms with Crippen LogP contribution in [0.15, 0.2) is 140 Å². The van der Waals surface area contributed by atoms with E-state index in [4.69, 9.17) is 4.74 Å². The minimum Gasteiger partial charge on any atom is -0.494 e. The molecule has 0 N–H and O–H groups in total. The average molecular weight is 1350 g/mol. The summed E-state index contributed by atoms with van der Waals surface area (Å²) in [6.45, 7) is 4.00. The van der Waals surface area contributed by atoms with E-state index in [0.717, 1.165) is 25.3 Å². The quantitative estimate of drug-likeness (QED) is 0.0254. The fourth-order valence-electron chi connectivity index (χ4n) is 11.1. The first-order chi connectivity index (χ1) is 43.1. The van der Waals surface area contributed by atoms with Gasteiger partial charge in [0.2, 0.25) is 0 Å². The highest BCUT2D eigenvalue weighted by atomic mass is 19.4. The van der Waals surface area contributed by atoms with Gasteiger partial charge >= 0.3 is 49.4 Å². The van der Waals surface area contributed by atoms with Crippen LogP contribution < -0.4 is 31.2 Å². The Balaban J connectivity index is 0.000000327. The van der Waals surface area contributed by atoms with Crippen molar-refractivity contribution in [3.05, 3.63) is 190 Å². The number of nitrogens with zero attached hydrogens (tertiary/aromatic N) is 1. The maximum atomic E-state index is 14.2. The standard InChI is InChI=1S/C34H50NO.C32H12BF24/c1-2-3-4-5-6-7-8-9-10-11-12-13-14-15-16-19-28-36-34-24-22-31(23-25-34)29-35-27-26-32-20-17-18-21-33(32)30-35;34-25(35,36)13-1-14(26(37,38)39)6-21(5-13)33(22-7-15(27(40,41)42)2-16(8-22)28(43,44)45,23-9-17(29(46,47)48)3-18(10-23)30(49,50)51)24-11-19(31(52,53)54)4-20(12-24)32(55,56)57/h17-18,20-27,30H,2-16,19,28-29H2,1H3;1-12H/q+1;-1. The Morgan fingerprint density at radius 3 is 0.860 bits per heavy atom. The predicted octanol–water partition coefficient (Wildman–Crippen LogP) is 21.0. The topological polar surface area (TPSA) is 13.1 Å². The minimum absolute atomic E-state index is 0.691. The molecule has 2 nitrogen and oxygen atoms in total.